The van der Waals surface area contributed by atoms with Crippen molar-refractivity contribution in [3.05, 3.63) is 34.5 Å². The Morgan fingerprint density at radius 3 is 2.65 bits per heavy atom. The van der Waals surface area contributed by atoms with Crippen molar-refractivity contribution in [2.45, 2.75) is 58.8 Å². The second-order valence-corrected chi connectivity index (χ2v) is 12.1. The number of fused-ring (bicyclic) bond motifs is 3. The van der Waals surface area contributed by atoms with Crippen LogP contribution in [0, 0.1) is 34.0 Å². The lowest BCUT2D eigenvalue weighted by Crippen LogP contribution is -2.69. The van der Waals surface area contributed by atoms with E-state index in [2.05, 4.69) is 13.5 Å². The largest absolute Gasteiger partial charge is 0.465 e. The third-order valence-electron chi connectivity index (χ3n) is 9.50. The zero-order chi connectivity index (χ0) is 24.3. The molecule has 182 valence electrons. The van der Waals surface area contributed by atoms with Gasteiger partial charge in [0.1, 0.15) is 10.7 Å². The van der Waals surface area contributed by atoms with E-state index in [1.807, 2.05) is 11.4 Å². The molecular weight excluding hydrogens is 452 g/mol. The first kappa shape index (κ1) is 23.5. The molecule has 1 spiro atoms. The zero-order valence-corrected chi connectivity index (χ0v) is 20.7. The molecule has 0 N–H and O–H groups in total. The lowest BCUT2D eigenvalue weighted by Gasteiger charge is -2.66. The quantitative estimate of drug-likeness (QED) is 0.340. The van der Waals surface area contributed by atoms with Gasteiger partial charge in [0.25, 0.3) is 0 Å². The Balaban J connectivity index is 1.52. The molecule has 6 nitrogen and oxygen atoms in total. The summed E-state index contributed by atoms with van der Waals surface area (Å²) in [5, 5.41) is 1.84. The van der Waals surface area contributed by atoms with Gasteiger partial charge in [-0.25, -0.2) is 4.79 Å². The number of carbonyl (C=O) groups excluding carboxylic acids is 4. The summed E-state index contributed by atoms with van der Waals surface area (Å²) in [7, 11) is 0. The summed E-state index contributed by atoms with van der Waals surface area (Å²) in [6.07, 6.45) is 4.84. The van der Waals surface area contributed by atoms with Gasteiger partial charge in [-0.05, 0) is 66.9 Å². The number of rotatable bonds is 5. The SMILES string of the molecule is C=C1C(=O)C23CC[C@@H]1CC2[C@]1(COC(C)=O)CCC[C@@](C)(COC(=O)c2cccs2)C1CC3=O. The van der Waals surface area contributed by atoms with Gasteiger partial charge in [0.2, 0.25) is 0 Å². The maximum absolute atomic E-state index is 13.8. The van der Waals surface area contributed by atoms with Crippen molar-refractivity contribution in [1.82, 2.24) is 0 Å². The third kappa shape index (κ3) is 3.26. The highest BCUT2D eigenvalue weighted by molar-refractivity contribution is 7.11. The smallest absolute Gasteiger partial charge is 0.348 e. The van der Waals surface area contributed by atoms with E-state index < -0.39 is 16.2 Å². The summed E-state index contributed by atoms with van der Waals surface area (Å²) in [6, 6.07) is 3.56. The lowest BCUT2D eigenvalue weighted by molar-refractivity contribution is -0.205. The van der Waals surface area contributed by atoms with Gasteiger partial charge in [-0.2, -0.15) is 0 Å². The summed E-state index contributed by atoms with van der Waals surface area (Å²) in [6.45, 7) is 7.96. The second kappa shape index (κ2) is 8.14. The minimum absolute atomic E-state index is 0.00274. The predicted molar refractivity (Wildman–Crippen MR) is 126 cm³/mol. The van der Waals surface area contributed by atoms with Crippen LogP contribution in [0.2, 0.25) is 0 Å². The number of esters is 2. The fourth-order valence-corrected chi connectivity index (χ4v) is 8.52. The van der Waals surface area contributed by atoms with E-state index in [4.69, 9.17) is 9.47 Å². The first-order valence-corrected chi connectivity index (χ1v) is 13.1. The molecule has 5 aliphatic carbocycles. The number of allylic oxidation sites excluding steroid dienone is 1. The van der Waals surface area contributed by atoms with Crippen LogP contribution in [0.1, 0.15) is 68.5 Å². The molecule has 5 fully saturated rings. The minimum atomic E-state index is -1.03. The van der Waals surface area contributed by atoms with Gasteiger partial charge < -0.3 is 9.47 Å². The normalized spacial score (nSPS) is 38.8. The fourth-order valence-electron chi connectivity index (χ4n) is 7.90. The van der Waals surface area contributed by atoms with E-state index in [1.165, 1.54) is 18.3 Å². The molecule has 0 saturated heterocycles. The van der Waals surface area contributed by atoms with Crippen molar-refractivity contribution >= 4 is 34.8 Å². The van der Waals surface area contributed by atoms with Crippen molar-refractivity contribution < 1.29 is 28.7 Å². The van der Waals surface area contributed by atoms with Gasteiger partial charge in [0, 0.05) is 24.2 Å². The highest BCUT2D eigenvalue weighted by Crippen LogP contribution is 2.70. The first-order valence-electron chi connectivity index (χ1n) is 12.2. The molecule has 7 heteroatoms. The van der Waals surface area contributed by atoms with Gasteiger partial charge in [-0.3, -0.25) is 14.4 Å². The molecule has 0 aliphatic heterocycles. The van der Waals surface area contributed by atoms with E-state index in [1.54, 1.807) is 6.07 Å². The highest BCUT2D eigenvalue weighted by atomic mass is 32.1. The van der Waals surface area contributed by atoms with Gasteiger partial charge in [0.15, 0.2) is 5.78 Å². The molecule has 6 atom stereocenters. The van der Waals surface area contributed by atoms with Gasteiger partial charge in [0.05, 0.1) is 18.6 Å². The third-order valence-corrected chi connectivity index (χ3v) is 10.3. The minimum Gasteiger partial charge on any atom is -0.465 e. The Bertz CT molecular complexity index is 1060. The molecule has 0 amide bonds. The molecule has 2 bridgehead atoms. The highest BCUT2D eigenvalue weighted by Gasteiger charge is 2.72. The van der Waals surface area contributed by atoms with Crippen LogP contribution in [-0.2, 0) is 23.9 Å². The van der Waals surface area contributed by atoms with Crippen molar-refractivity contribution in [3.63, 3.8) is 0 Å². The van der Waals surface area contributed by atoms with Crippen LogP contribution in [0.5, 0.6) is 0 Å². The predicted octanol–water partition coefficient (Wildman–Crippen LogP) is 4.78. The van der Waals surface area contributed by atoms with Crippen LogP contribution >= 0.6 is 11.3 Å². The standard InChI is InChI=1S/C27H32O6S/c1-16-18-7-10-27(23(16)30)21(12-18)26(15-32-17(2)28)9-5-8-25(3,20(26)13-22(27)29)14-33-24(31)19-6-4-11-34-19/h4,6,11,18,20-21H,1,5,7-10,12-15H2,2-3H3/t18-,20?,21?,25+,26+,27?/m1/s1. The Kier molecular flexibility index (Phi) is 5.62. The molecule has 1 heterocycles. The molecule has 0 aromatic carbocycles. The van der Waals surface area contributed by atoms with Crippen LogP contribution in [0.25, 0.3) is 0 Å². The number of thiophene rings is 1. The average molecular weight is 485 g/mol. The molecule has 1 aromatic heterocycles. The lowest BCUT2D eigenvalue weighted by atomic mass is 9.36. The van der Waals surface area contributed by atoms with E-state index in [0.29, 0.717) is 16.9 Å². The number of carbonyl (C=O) groups is 4. The van der Waals surface area contributed by atoms with E-state index >= 15 is 0 Å². The van der Waals surface area contributed by atoms with Crippen LogP contribution in [-0.4, -0.2) is 36.7 Å². The summed E-state index contributed by atoms with van der Waals surface area (Å²) < 4.78 is 11.5. The number of ketones is 2. The molecule has 6 rings (SSSR count). The molecule has 34 heavy (non-hydrogen) atoms. The van der Waals surface area contributed by atoms with Crippen LogP contribution < -0.4 is 0 Å². The molecule has 1 aromatic rings. The number of hydrogen-bond acceptors (Lipinski definition) is 7. The van der Waals surface area contributed by atoms with Crippen molar-refractivity contribution in [1.29, 1.82) is 0 Å². The Hall–Kier alpha value is -2.28. The molecule has 3 unspecified atom stereocenters. The van der Waals surface area contributed by atoms with Crippen LogP contribution in [0.3, 0.4) is 0 Å². The van der Waals surface area contributed by atoms with Crippen molar-refractivity contribution in [2.24, 2.45) is 34.0 Å². The second-order valence-electron chi connectivity index (χ2n) is 11.1. The van der Waals surface area contributed by atoms with Crippen molar-refractivity contribution in [3.8, 4) is 0 Å². The first-order chi connectivity index (χ1) is 16.1. The summed E-state index contributed by atoms with van der Waals surface area (Å²) in [5.41, 5.74) is -1.37. The fraction of sp³-hybridized carbons (Fsp3) is 0.630. The Labute approximate surface area is 204 Å². The van der Waals surface area contributed by atoms with E-state index in [-0.39, 0.29) is 60.9 Å². The monoisotopic (exact) mass is 484 g/mol. The summed E-state index contributed by atoms with van der Waals surface area (Å²) >= 11 is 1.34. The van der Waals surface area contributed by atoms with Gasteiger partial charge >= 0.3 is 11.9 Å². The maximum Gasteiger partial charge on any atom is 0.348 e. The van der Waals surface area contributed by atoms with E-state index in [0.717, 1.165) is 32.1 Å². The van der Waals surface area contributed by atoms with Crippen molar-refractivity contribution in [2.75, 3.05) is 13.2 Å². The summed E-state index contributed by atoms with van der Waals surface area (Å²) in [5.74, 6) is -1.00. The van der Waals surface area contributed by atoms with Gasteiger partial charge in [-0.15, -0.1) is 11.3 Å². The Morgan fingerprint density at radius 1 is 1.15 bits per heavy atom. The molecule has 5 saturated carbocycles. The van der Waals surface area contributed by atoms with E-state index in [9.17, 15) is 19.2 Å². The van der Waals surface area contributed by atoms with Gasteiger partial charge in [-0.1, -0.05) is 26.0 Å². The molecular formula is C27H32O6S. The van der Waals surface area contributed by atoms with Crippen LogP contribution in [0.4, 0.5) is 0 Å². The molecule has 0 radical (unpaired) electrons. The topological polar surface area (TPSA) is 86.7 Å². The Morgan fingerprint density at radius 2 is 1.94 bits per heavy atom. The number of ether oxygens (including phenoxy) is 2. The number of Topliss-reactive ketones (excluding diaryl/α,β-unsaturated/α-hetero) is 2. The maximum atomic E-state index is 13.8. The molecule has 5 aliphatic rings. The average Bonchev–Trinajstić information content (AvgIpc) is 3.36. The van der Waals surface area contributed by atoms with Crippen LogP contribution in [0.15, 0.2) is 29.7 Å². The summed E-state index contributed by atoms with van der Waals surface area (Å²) in [4.78, 5) is 52.5. The number of hydrogen-bond donors (Lipinski definition) is 0. The zero-order valence-electron chi connectivity index (χ0n) is 19.9.